The molecule has 6 heteroatoms. The Hall–Kier alpha value is -3.02. The Morgan fingerprint density at radius 1 is 1.00 bits per heavy atom. The van der Waals surface area contributed by atoms with E-state index in [-0.39, 0.29) is 11.8 Å². The highest BCUT2D eigenvalue weighted by molar-refractivity contribution is 6.05. The minimum absolute atomic E-state index is 0.0123. The molecular weight excluding hydrogens is 440 g/mol. The smallest absolute Gasteiger partial charge is 0.257 e. The second-order valence-corrected chi connectivity index (χ2v) is 9.79. The van der Waals surface area contributed by atoms with Crippen LogP contribution in [0.5, 0.6) is 11.5 Å². The number of likely N-dealkylation sites (tertiary alicyclic amines) is 1. The van der Waals surface area contributed by atoms with Crippen molar-refractivity contribution in [3.8, 4) is 11.5 Å². The number of hydrogen-bond acceptors (Lipinski definition) is 4. The molecule has 1 saturated carbocycles. The predicted octanol–water partition coefficient (Wildman–Crippen LogP) is 6.17. The summed E-state index contributed by atoms with van der Waals surface area (Å²) in [5.41, 5.74) is 1.68. The van der Waals surface area contributed by atoms with Crippen LogP contribution in [0, 0.1) is 11.8 Å². The summed E-state index contributed by atoms with van der Waals surface area (Å²) >= 11 is 0. The Kier molecular flexibility index (Phi) is 8.67. The summed E-state index contributed by atoms with van der Waals surface area (Å²) in [6.07, 6.45) is 9.55. The molecule has 2 fully saturated rings. The number of ether oxygens (including phenoxy) is 2. The Balaban J connectivity index is 1.37. The number of carbonyl (C=O) groups excluding carboxylic acids is 2. The van der Waals surface area contributed by atoms with Crippen molar-refractivity contribution < 1.29 is 19.1 Å². The van der Waals surface area contributed by atoms with Gasteiger partial charge in [-0.3, -0.25) is 9.59 Å². The van der Waals surface area contributed by atoms with Crippen molar-refractivity contribution in [3.05, 3.63) is 53.6 Å². The van der Waals surface area contributed by atoms with E-state index in [1.807, 2.05) is 17.0 Å². The quantitative estimate of drug-likeness (QED) is 0.438. The molecule has 1 aliphatic heterocycles. The van der Waals surface area contributed by atoms with E-state index in [0.717, 1.165) is 50.4 Å². The number of anilines is 1. The second-order valence-electron chi connectivity index (χ2n) is 9.79. The molecule has 1 N–H and O–H groups in total. The number of benzene rings is 2. The lowest BCUT2D eigenvalue weighted by atomic mass is 9.75. The Bertz CT molecular complexity index is 1000. The maximum Gasteiger partial charge on any atom is 0.257 e. The molecule has 35 heavy (non-hydrogen) atoms. The van der Waals surface area contributed by atoms with E-state index < -0.39 is 0 Å². The SMILES string of the molecule is CCCCCOc1ccc(C(=O)Nc2ccc(C(=O)N3CCC4CCCCC4C3)c(OC)c2)cc1. The van der Waals surface area contributed by atoms with Crippen molar-refractivity contribution in [3.63, 3.8) is 0 Å². The van der Waals surface area contributed by atoms with E-state index in [1.54, 1.807) is 37.4 Å². The molecule has 1 saturated heterocycles. The summed E-state index contributed by atoms with van der Waals surface area (Å²) in [6.45, 7) is 4.49. The Morgan fingerprint density at radius 3 is 2.51 bits per heavy atom. The van der Waals surface area contributed by atoms with E-state index in [1.165, 1.54) is 25.7 Å². The summed E-state index contributed by atoms with van der Waals surface area (Å²) in [5.74, 6) is 2.43. The van der Waals surface area contributed by atoms with Crippen LogP contribution in [0.4, 0.5) is 5.69 Å². The number of hydrogen-bond donors (Lipinski definition) is 1. The van der Waals surface area contributed by atoms with E-state index in [2.05, 4.69) is 12.2 Å². The number of nitrogens with zero attached hydrogens (tertiary/aromatic N) is 1. The van der Waals surface area contributed by atoms with Crippen LogP contribution in [0.1, 0.15) is 79.0 Å². The molecule has 2 atom stereocenters. The van der Waals surface area contributed by atoms with Gasteiger partial charge in [-0.25, -0.2) is 0 Å². The van der Waals surface area contributed by atoms with Crippen molar-refractivity contribution in [2.45, 2.75) is 58.3 Å². The average Bonchev–Trinajstić information content (AvgIpc) is 2.90. The van der Waals surface area contributed by atoms with Crippen LogP contribution < -0.4 is 14.8 Å². The molecule has 0 bridgehead atoms. The van der Waals surface area contributed by atoms with Crippen molar-refractivity contribution in [2.75, 3.05) is 32.1 Å². The lowest BCUT2D eigenvalue weighted by Crippen LogP contribution is -2.44. The highest BCUT2D eigenvalue weighted by atomic mass is 16.5. The minimum atomic E-state index is -0.219. The van der Waals surface area contributed by atoms with E-state index in [9.17, 15) is 9.59 Å². The highest BCUT2D eigenvalue weighted by Gasteiger charge is 2.33. The predicted molar refractivity (Wildman–Crippen MR) is 138 cm³/mol. The van der Waals surface area contributed by atoms with Gasteiger partial charge in [0, 0.05) is 30.4 Å². The number of methoxy groups -OCH3 is 1. The molecule has 188 valence electrons. The van der Waals surface area contributed by atoms with Crippen LogP contribution in [0.15, 0.2) is 42.5 Å². The van der Waals surface area contributed by atoms with Gasteiger partial charge >= 0.3 is 0 Å². The maximum atomic E-state index is 13.3. The van der Waals surface area contributed by atoms with Gasteiger partial charge in [0.05, 0.1) is 19.3 Å². The number of carbonyl (C=O) groups is 2. The zero-order valence-electron chi connectivity index (χ0n) is 21.1. The summed E-state index contributed by atoms with van der Waals surface area (Å²) < 4.78 is 11.3. The molecule has 2 aromatic rings. The lowest BCUT2D eigenvalue weighted by Gasteiger charge is -2.41. The molecule has 0 spiro atoms. The van der Waals surface area contributed by atoms with Gasteiger partial charge in [-0.15, -0.1) is 0 Å². The number of nitrogens with one attached hydrogen (secondary N) is 1. The molecule has 6 nitrogen and oxygen atoms in total. The minimum Gasteiger partial charge on any atom is -0.496 e. The lowest BCUT2D eigenvalue weighted by molar-refractivity contribution is 0.0518. The molecule has 2 amide bonds. The summed E-state index contributed by atoms with van der Waals surface area (Å²) in [5, 5.41) is 2.91. The van der Waals surface area contributed by atoms with E-state index in [4.69, 9.17) is 9.47 Å². The monoisotopic (exact) mass is 478 g/mol. The van der Waals surface area contributed by atoms with Crippen molar-refractivity contribution >= 4 is 17.5 Å². The number of rotatable bonds is 9. The number of unbranched alkanes of at least 4 members (excludes halogenated alkanes) is 2. The zero-order chi connectivity index (χ0) is 24.6. The zero-order valence-corrected chi connectivity index (χ0v) is 21.1. The molecule has 2 aliphatic rings. The first-order valence-electron chi connectivity index (χ1n) is 13.1. The van der Waals surface area contributed by atoms with Gasteiger partial charge in [0.25, 0.3) is 11.8 Å². The van der Waals surface area contributed by atoms with E-state index in [0.29, 0.717) is 35.1 Å². The van der Waals surface area contributed by atoms with Crippen molar-refractivity contribution in [2.24, 2.45) is 11.8 Å². The van der Waals surface area contributed by atoms with Crippen LogP contribution in [0.2, 0.25) is 0 Å². The van der Waals surface area contributed by atoms with Crippen LogP contribution >= 0.6 is 0 Å². The Morgan fingerprint density at radius 2 is 1.77 bits per heavy atom. The van der Waals surface area contributed by atoms with Gasteiger partial charge in [-0.1, -0.05) is 39.0 Å². The first-order chi connectivity index (χ1) is 17.1. The van der Waals surface area contributed by atoms with Gasteiger partial charge < -0.3 is 19.7 Å². The number of amides is 2. The fourth-order valence-corrected chi connectivity index (χ4v) is 5.35. The standard InChI is InChI=1S/C29H38N2O4/c1-3-4-7-18-35-25-13-10-22(11-14-25)28(32)30-24-12-15-26(27(19-24)34-2)29(33)31-17-16-21-8-5-6-9-23(21)20-31/h10-15,19,21,23H,3-9,16-18,20H2,1-2H3,(H,30,32). The first kappa shape index (κ1) is 25.1. The van der Waals surface area contributed by atoms with E-state index >= 15 is 0 Å². The third-order valence-corrected chi connectivity index (χ3v) is 7.40. The van der Waals surface area contributed by atoms with Crippen LogP contribution in [-0.4, -0.2) is 43.5 Å². The van der Waals surface area contributed by atoms with Crippen molar-refractivity contribution in [1.82, 2.24) is 4.90 Å². The van der Waals surface area contributed by atoms with Crippen LogP contribution in [0.25, 0.3) is 0 Å². The van der Waals surface area contributed by atoms with Gasteiger partial charge in [0.2, 0.25) is 0 Å². The van der Waals surface area contributed by atoms with Crippen LogP contribution in [0.3, 0.4) is 0 Å². The highest BCUT2D eigenvalue weighted by Crippen LogP contribution is 2.37. The maximum absolute atomic E-state index is 13.3. The topological polar surface area (TPSA) is 67.9 Å². The number of fused-ring (bicyclic) bond motifs is 1. The fraction of sp³-hybridized carbons (Fsp3) is 0.517. The fourth-order valence-electron chi connectivity index (χ4n) is 5.35. The molecule has 1 aliphatic carbocycles. The second kappa shape index (κ2) is 12.1. The van der Waals surface area contributed by atoms with Gasteiger partial charge in [0.1, 0.15) is 11.5 Å². The molecule has 0 aromatic heterocycles. The summed E-state index contributed by atoms with van der Waals surface area (Å²) in [7, 11) is 1.56. The normalized spacial score (nSPS) is 19.5. The first-order valence-corrected chi connectivity index (χ1v) is 13.1. The molecule has 4 rings (SSSR count). The summed E-state index contributed by atoms with van der Waals surface area (Å²) in [4.78, 5) is 28.0. The van der Waals surface area contributed by atoms with Gasteiger partial charge in [0.15, 0.2) is 0 Å². The average molecular weight is 479 g/mol. The van der Waals surface area contributed by atoms with Gasteiger partial charge in [-0.05, 0) is 67.5 Å². The third kappa shape index (κ3) is 6.36. The molecule has 2 aromatic carbocycles. The Labute approximate surface area is 209 Å². The van der Waals surface area contributed by atoms with Crippen LogP contribution in [-0.2, 0) is 0 Å². The largest absolute Gasteiger partial charge is 0.496 e. The third-order valence-electron chi connectivity index (χ3n) is 7.40. The molecule has 0 radical (unpaired) electrons. The molecule has 1 heterocycles. The molecular formula is C29H38N2O4. The van der Waals surface area contributed by atoms with Crippen molar-refractivity contribution in [1.29, 1.82) is 0 Å². The van der Waals surface area contributed by atoms with Gasteiger partial charge in [-0.2, -0.15) is 0 Å². The number of piperidine rings is 1. The molecule has 2 unspecified atom stereocenters. The summed E-state index contributed by atoms with van der Waals surface area (Å²) in [6, 6.07) is 12.4.